The normalized spacial score (nSPS) is 30.1. The lowest BCUT2D eigenvalue weighted by atomic mass is 9.87. The third kappa shape index (κ3) is 2.80. The van der Waals surface area contributed by atoms with Gasteiger partial charge in [0.2, 0.25) is 0 Å². The molecule has 5 nitrogen and oxygen atoms in total. The van der Waals surface area contributed by atoms with Crippen molar-refractivity contribution in [3.63, 3.8) is 0 Å². The van der Waals surface area contributed by atoms with E-state index in [-0.39, 0.29) is 24.5 Å². The van der Waals surface area contributed by atoms with Crippen LogP contribution in [0.2, 0.25) is 0 Å². The molecule has 1 aliphatic carbocycles. The highest BCUT2D eigenvalue weighted by atomic mass is 16.6. The number of carbonyl (C=O) groups excluding carboxylic acids is 1. The van der Waals surface area contributed by atoms with Crippen LogP contribution in [0.4, 0.5) is 4.79 Å². The number of fused-ring (bicyclic) bond motifs is 1. The van der Waals surface area contributed by atoms with Gasteiger partial charge in [0.25, 0.3) is 0 Å². The van der Waals surface area contributed by atoms with Crippen LogP contribution in [0, 0.1) is 17.3 Å². The minimum absolute atomic E-state index is 0.276. The first-order valence-corrected chi connectivity index (χ1v) is 7.67. The minimum Gasteiger partial charge on any atom is -0.481 e. The SMILES string of the molecule is CC1(C(=O)O)C[C@H]2CN(C(=O)OCc3ccccc3)C[C@H]2C1. The highest BCUT2D eigenvalue weighted by molar-refractivity contribution is 5.75. The van der Waals surface area contributed by atoms with Crippen molar-refractivity contribution >= 4 is 12.1 Å². The van der Waals surface area contributed by atoms with E-state index in [2.05, 4.69) is 0 Å². The molecule has 0 bridgehead atoms. The van der Waals surface area contributed by atoms with E-state index in [0.717, 1.165) is 5.56 Å². The van der Waals surface area contributed by atoms with Gasteiger partial charge in [-0.25, -0.2) is 4.79 Å². The molecule has 3 atom stereocenters. The number of benzene rings is 1. The smallest absolute Gasteiger partial charge is 0.410 e. The first-order valence-electron chi connectivity index (χ1n) is 7.67. The number of hydrogen-bond donors (Lipinski definition) is 1. The number of aliphatic carboxylic acids is 1. The molecular formula is C17H21NO4. The van der Waals surface area contributed by atoms with Gasteiger partial charge >= 0.3 is 12.1 Å². The van der Waals surface area contributed by atoms with Crippen LogP contribution in [0.3, 0.4) is 0 Å². The number of carboxylic acids is 1. The second-order valence-electron chi connectivity index (χ2n) is 6.74. The standard InChI is InChI=1S/C17H21NO4/c1-17(15(19)20)7-13-9-18(10-14(13)8-17)16(21)22-11-12-5-3-2-4-6-12/h2-6,13-14H,7-11H2,1H3,(H,19,20)/t13-,14+,17?. The van der Waals surface area contributed by atoms with E-state index in [4.69, 9.17) is 4.74 Å². The van der Waals surface area contributed by atoms with Gasteiger partial charge in [-0.3, -0.25) is 4.79 Å². The van der Waals surface area contributed by atoms with Crippen molar-refractivity contribution in [3.8, 4) is 0 Å². The summed E-state index contributed by atoms with van der Waals surface area (Å²) in [5, 5.41) is 9.31. The number of rotatable bonds is 3. The van der Waals surface area contributed by atoms with Gasteiger partial charge in [-0.05, 0) is 37.2 Å². The average Bonchev–Trinajstić information content (AvgIpc) is 3.01. The van der Waals surface area contributed by atoms with Crippen molar-refractivity contribution < 1.29 is 19.4 Å². The summed E-state index contributed by atoms with van der Waals surface area (Å²) in [6.07, 6.45) is 1.00. The fourth-order valence-electron chi connectivity index (χ4n) is 3.78. The van der Waals surface area contributed by atoms with Gasteiger partial charge < -0.3 is 14.7 Å². The van der Waals surface area contributed by atoms with Crippen LogP contribution in [0.25, 0.3) is 0 Å². The van der Waals surface area contributed by atoms with Gasteiger partial charge in [-0.15, -0.1) is 0 Å². The summed E-state index contributed by atoms with van der Waals surface area (Å²) in [4.78, 5) is 25.2. The number of hydrogen-bond acceptors (Lipinski definition) is 3. The Labute approximate surface area is 129 Å². The molecular weight excluding hydrogens is 282 g/mol. The Kier molecular flexibility index (Phi) is 3.81. The van der Waals surface area contributed by atoms with E-state index in [1.807, 2.05) is 37.3 Å². The molecule has 2 aliphatic rings. The fourth-order valence-corrected chi connectivity index (χ4v) is 3.78. The van der Waals surface area contributed by atoms with Crippen molar-refractivity contribution in [2.45, 2.75) is 26.4 Å². The lowest BCUT2D eigenvalue weighted by molar-refractivity contribution is -0.147. The molecule has 5 heteroatoms. The topological polar surface area (TPSA) is 66.8 Å². The summed E-state index contributed by atoms with van der Waals surface area (Å²) in [6.45, 7) is 3.31. The predicted octanol–water partition coefficient (Wildman–Crippen LogP) is 2.76. The fraction of sp³-hybridized carbons (Fsp3) is 0.529. The highest BCUT2D eigenvalue weighted by Crippen LogP contribution is 2.49. The predicted molar refractivity (Wildman–Crippen MR) is 80.2 cm³/mol. The summed E-state index contributed by atoms with van der Waals surface area (Å²) < 4.78 is 5.35. The molecule has 1 aromatic rings. The molecule has 22 heavy (non-hydrogen) atoms. The third-order valence-corrected chi connectivity index (χ3v) is 4.98. The molecule has 1 amide bonds. The zero-order valence-corrected chi connectivity index (χ0v) is 12.7. The number of ether oxygens (including phenoxy) is 1. The number of amides is 1. The van der Waals surface area contributed by atoms with Crippen molar-refractivity contribution in [2.24, 2.45) is 17.3 Å². The van der Waals surface area contributed by atoms with E-state index in [9.17, 15) is 14.7 Å². The maximum atomic E-state index is 12.1. The van der Waals surface area contributed by atoms with Crippen LogP contribution in [0.5, 0.6) is 0 Å². The summed E-state index contributed by atoms with van der Waals surface area (Å²) in [5.41, 5.74) is 0.337. The van der Waals surface area contributed by atoms with E-state index in [1.54, 1.807) is 4.90 Å². The van der Waals surface area contributed by atoms with Crippen LogP contribution in [0.1, 0.15) is 25.3 Å². The molecule has 118 valence electrons. The number of nitrogens with zero attached hydrogens (tertiary/aromatic N) is 1. The van der Waals surface area contributed by atoms with Crippen molar-refractivity contribution in [1.29, 1.82) is 0 Å². The van der Waals surface area contributed by atoms with Crippen LogP contribution >= 0.6 is 0 Å². The molecule has 0 aromatic heterocycles. The zero-order chi connectivity index (χ0) is 15.7. The second kappa shape index (κ2) is 5.63. The van der Waals surface area contributed by atoms with Crippen molar-refractivity contribution in [2.75, 3.05) is 13.1 Å². The molecule has 3 rings (SSSR count). The zero-order valence-electron chi connectivity index (χ0n) is 12.7. The molecule has 1 saturated heterocycles. The van der Waals surface area contributed by atoms with Gasteiger partial charge in [-0.2, -0.15) is 0 Å². The van der Waals surface area contributed by atoms with Gasteiger partial charge in [-0.1, -0.05) is 30.3 Å². The number of carbonyl (C=O) groups is 2. The Balaban J connectivity index is 1.52. The maximum absolute atomic E-state index is 12.1. The molecule has 1 aromatic carbocycles. The van der Waals surface area contributed by atoms with E-state index in [1.165, 1.54) is 0 Å². The molecule has 2 fully saturated rings. The lowest BCUT2D eigenvalue weighted by Gasteiger charge is -2.22. The minimum atomic E-state index is -0.722. The largest absolute Gasteiger partial charge is 0.481 e. The summed E-state index contributed by atoms with van der Waals surface area (Å²) >= 11 is 0. The lowest BCUT2D eigenvalue weighted by Crippen LogP contribution is -2.33. The van der Waals surface area contributed by atoms with E-state index >= 15 is 0 Å². The van der Waals surface area contributed by atoms with Crippen molar-refractivity contribution in [3.05, 3.63) is 35.9 Å². The summed E-state index contributed by atoms with van der Waals surface area (Å²) in [5.74, 6) is -0.157. The van der Waals surface area contributed by atoms with Gasteiger partial charge in [0.15, 0.2) is 0 Å². The first kappa shape index (κ1) is 14.9. The molecule has 1 unspecified atom stereocenters. The number of carboxylic acid groups (broad SMARTS) is 1. The number of likely N-dealkylation sites (tertiary alicyclic amines) is 1. The maximum Gasteiger partial charge on any atom is 0.410 e. The third-order valence-electron chi connectivity index (χ3n) is 4.98. The average molecular weight is 303 g/mol. The van der Waals surface area contributed by atoms with E-state index < -0.39 is 11.4 Å². The van der Waals surface area contributed by atoms with Crippen LogP contribution < -0.4 is 0 Å². The Bertz CT molecular complexity index is 557. The molecule has 1 N–H and O–H groups in total. The van der Waals surface area contributed by atoms with E-state index in [0.29, 0.717) is 25.9 Å². The molecule has 1 heterocycles. The molecule has 0 radical (unpaired) electrons. The monoisotopic (exact) mass is 303 g/mol. The van der Waals surface area contributed by atoms with Gasteiger partial charge in [0.1, 0.15) is 6.61 Å². The Morgan fingerprint density at radius 3 is 2.36 bits per heavy atom. The Morgan fingerprint density at radius 2 is 1.82 bits per heavy atom. The van der Waals surface area contributed by atoms with Gasteiger partial charge in [0.05, 0.1) is 5.41 Å². The quantitative estimate of drug-likeness (QED) is 0.932. The van der Waals surface area contributed by atoms with Crippen LogP contribution in [-0.4, -0.2) is 35.2 Å². The first-order chi connectivity index (χ1) is 10.5. The summed E-state index contributed by atoms with van der Waals surface area (Å²) in [7, 11) is 0. The summed E-state index contributed by atoms with van der Waals surface area (Å²) in [6, 6.07) is 9.59. The van der Waals surface area contributed by atoms with Gasteiger partial charge in [0, 0.05) is 13.1 Å². The van der Waals surface area contributed by atoms with Crippen LogP contribution in [-0.2, 0) is 16.1 Å². The molecule has 1 aliphatic heterocycles. The second-order valence-corrected chi connectivity index (χ2v) is 6.74. The van der Waals surface area contributed by atoms with Crippen LogP contribution in [0.15, 0.2) is 30.3 Å². The Hall–Kier alpha value is -2.04. The Morgan fingerprint density at radius 1 is 1.23 bits per heavy atom. The molecule has 0 spiro atoms. The van der Waals surface area contributed by atoms with Crippen molar-refractivity contribution in [1.82, 2.24) is 4.90 Å². The highest BCUT2D eigenvalue weighted by Gasteiger charge is 2.51. The molecule has 1 saturated carbocycles.